The van der Waals surface area contributed by atoms with Gasteiger partial charge in [0.15, 0.2) is 0 Å². The fraction of sp³-hybridized carbons (Fsp3) is 0.562. The molecule has 3 N–H and O–H groups in total. The van der Waals surface area contributed by atoms with Gasteiger partial charge in [0.2, 0.25) is 0 Å². The van der Waals surface area contributed by atoms with Crippen LogP contribution in [0.2, 0.25) is 0 Å². The van der Waals surface area contributed by atoms with Gasteiger partial charge in [0, 0.05) is 12.0 Å². The highest BCUT2D eigenvalue weighted by molar-refractivity contribution is 5.74. The molecule has 1 atom stereocenters. The summed E-state index contributed by atoms with van der Waals surface area (Å²) in [5.41, 5.74) is 1.21. The van der Waals surface area contributed by atoms with Gasteiger partial charge in [-0.05, 0) is 25.3 Å². The normalized spacial score (nSPS) is 12.8. The van der Waals surface area contributed by atoms with Gasteiger partial charge in [-0.3, -0.25) is 0 Å². The summed E-state index contributed by atoms with van der Waals surface area (Å²) in [5.74, 6) is 0. The van der Waals surface area contributed by atoms with E-state index in [0.717, 1.165) is 12.8 Å². The number of nitrogens with one attached hydrogen (secondary N) is 2. The van der Waals surface area contributed by atoms with Gasteiger partial charge in [0.25, 0.3) is 0 Å². The smallest absolute Gasteiger partial charge is 0.315 e. The summed E-state index contributed by atoms with van der Waals surface area (Å²) >= 11 is 0. The number of amides is 2. The number of aliphatic hydroxyl groups is 1. The Balaban J connectivity index is 2.71. The van der Waals surface area contributed by atoms with E-state index in [2.05, 4.69) is 36.6 Å². The fourth-order valence-corrected chi connectivity index (χ4v) is 2.37. The fourth-order valence-electron chi connectivity index (χ4n) is 2.37. The number of hydrogen-bond acceptors (Lipinski definition) is 2. The van der Waals surface area contributed by atoms with Gasteiger partial charge in [-0.2, -0.15) is 0 Å². The minimum atomic E-state index is -0.232. The van der Waals surface area contributed by atoms with Gasteiger partial charge in [-0.25, -0.2) is 4.79 Å². The number of rotatable bonds is 7. The monoisotopic (exact) mass is 278 g/mol. The Morgan fingerprint density at radius 2 is 1.85 bits per heavy atom. The molecule has 0 saturated heterocycles. The van der Waals surface area contributed by atoms with Crippen molar-refractivity contribution < 1.29 is 9.90 Å². The van der Waals surface area contributed by atoms with Crippen molar-refractivity contribution in [3.63, 3.8) is 0 Å². The summed E-state index contributed by atoms with van der Waals surface area (Å²) in [6.07, 6.45) is 1.92. The lowest BCUT2D eigenvalue weighted by Gasteiger charge is -2.32. The van der Waals surface area contributed by atoms with Crippen LogP contribution in [-0.2, 0) is 5.41 Å². The first-order valence-corrected chi connectivity index (χ1v) is 7.28. The summed E-state index contributed by atoms with van der Waals surface area (Å²) in [6.45, 7) is 6.59. The zero-order valence-electron chi connectivity index (χ0n) is 12.6. The topological polar surface area (TPSA) is 61.4 Å². The van der Waals surface area contributed by atoms with Crippen molar-refractivity contribution in [1.29, 1.82) is 0 Å². The van der Waals surface area contributed by atoms with Crippen LogP contribution in [0.4, 0.5) is 4.79 Å². The molecule has 0 heterocycles. The number of urea groups is 1. The van der Waals surface area contributed by atoms with Crippen LogP contribution >= 0.6 is 0 Å². The van der Waals surface area contributed by atoms with Crippen molar-refractivity contribution in [2.24, 2.45) is 0 Å². The van der Waals surface area contributed by atoms with E-state index in [4.69, 9.17) is 5.11 Å². The third kappa shape index (κ3) is 4.23. The van der Waals surface area contributed by atoms with E-state index in [1.165, 1.54) is 5.56 Å². The van der Waals surface area contributed by atoms with E-state index in [9.17, 15) is 4.79 Å². The summed E-state index contributed by atoms with van der Waals surface area (Å²) in [6, 6.07) is 9.83. The predicted molar refractivity (Wildman–Crippen MR) is 81.8 cm³/mol. The molecule has 2 amide bonds. The van der Waals surface area contributed by atoms with Gasteiger partial charge in [0.1, 0.15) is 0 Å². The number of carbonyl (C=O) groups excluding carboxylic acids is 1. The molecule has 0 aliphatic rings. The second kappa shape index (κ2) is 7.90. The van der Waals surface area contributed by atoms with Gasteiger partial charge in [0.05, 0.1) is 12.6 Å². The molecule has 0 aliphatic heterocycles. The molecular weight excluding hydrogens is 252 g/mol. The van der Waals surface area contributed by atoms with Crippen LogP contribution in [-0.4, -0.2) is 30.3 Å². The van der Waals surface area contributed by atoms with Crippen molar-refractivity contribution in [3.8, 4) is 0 Å². The van der Waals surface area contributed by atoms with Crippen molar-refractivity contribution in [2.75, 3.05) is 13.2 Å². The molecule has 0 radical (unpaired) electrons. The molecule has 0 fully saturated rings. The molecular formula is C16H26N2O2. The van der Waals surface area contributed by atoms with Crippen molar-refractivity contribution in [3.05, 3.63) is 35.9 Å². The summed E-state index contributed by atoms with van der Waals surface area (Å²) in [7, 11) is 0. The zero-order valence-corrected chi connectivity index (χ0v) is 12.6. The molecule has 0 aromatic heterocycles. The molecule has 20 heavy (non-hydrogen) atoms. The number of hydrogen-bond donors (Lipinski definition) is 3. The Kier molecular flexibility index (Phi) is 6.52. The van der Waals surface area contributed by atoms with Crippen LogP contribution < -0.4 is 10.6 Å². The van der Waals surface area contributed by atoms with Crippen molar-refractivity contribution >= 4 is 6.03 Å². The largest absolute Gasteiger partial charge is 0.394 e. The minimum absolute atomic E-state index is 0.0406. The second-order valence-corrected chi connectivity index (χ2v) is 5.26. The summed E-state index contributed by atoms with van der Waals surface area (Å²) < 4.78 is 0. The second-order valence-electron chi connectivity index (χ2n) is 5.26. The maximum absolute atomic E-state index is 11.8. The lowest BCUT2D eigenvalue weighted by molar-refractivity contribution is 0.217. The average molecular weight is 278 g/mol. The molecule has 0 saturated carbocycles. The molecule has 0 bridgehead atoms. The molecule has 4 nitrogen and oxygen atoms in total. The van der Waals surface area contributed by atoms with Crippen LogP contribution in [0.1, 0.15) is 39.2 Å². The highest BCUT2D eigenvalue weighted by atomic mass is 16.3. The van der Waals surface area contributed by atoms with Gasteiger partial charge in [-0.1, -0.05) is 44.2 Å². The lowest BCUT2D eigenvalue weighted by Crippen LogP contribution is -2.47. The van der Waals surface area contributed by atoms with E-state index in [-0.39, 0.29) is 24.1 Å². The van der Waals surface area contributed by atoms with Crippen LogP contribution in [0.15, 0.2) is 30.3 Å². The first-order valence-electron chi connectivity index (χ1n) is 7.28. The van der Waals surface area contributed by atoms with E-state index in [0.29, 0.717) is 6.54 Å². The maximum atomic E-state index is 11.8. The van der Waals surface area contributed by atoms with E-state index in [1.54, 1.807) is 6.92 Å². The molecule has 112 valence electrons. The zero-order chi connectivity index (χ0) is 15.0. The third-order valence-electron chi connectivity index (χ3n) is 3.98. The van der Waals surface area contributed by atoms with Gasteiger partial charge < -0.3 is 15.7 Å². The Morgan fingerprint density at radius 1 is 1.25 bits per heavy atom. The van der Waals surface area contributed by atoms with Crippen LogP contribution in [0, 0.1) is 0 Å². The van der Waals surface area contributed by atoms with Crippen LogP contribution in [0.3, 0.4) is 0 Å². The van der Waals surface area contributed by atoms with E-state index >= 15 is 0 Å². The average Bonchev–Trinajstić information content (AvgIpc) is 2.49. The van der Waals surface area contributed by atoms with E-state index in [1.807, 2.05) is 18.2 Å². The molecule has 0 aliphatic carbocycles. The van der Waals surface area contributed by atoms with E-state index < -0.39 is 0 Å². The highest BCUT2D eigenvalue weighted by Gasteiger charge is 2.28. The quantitative estimate of drug-likeness (QED) is 0.717. The molecule has 1 aromatic carbocycles. The van der Waals surface area contributed by atoms with Gasteiger partial charge >= 0.3 is 6.03 Å². The Bertz CT molecular complexity index is 402. The Morgan fingerprint density at radius 3 is 2.35 bits per heavy atom. The first kappa shape index (κ1) is 16.5. The molecule has 1 rings (SSSR count). The Labute approximate surface area is 121 Å². The number of aliphatic hydroxyl groups excluding tert-OH is 1. The molecule has 0 spiro atoms. The minimum Gasteiger partial charge on any atom is -0.394 e. The number of benzene rings is 1. The maximum Gasteiger partial charge on any atom is 0.315 e. The lowest BCUT2D eigenvalue weighted by atomic mass is 9.76. The third-order valence-corrected chi connectivity index (χ3v) is 3.98. The highest BCUT2D eigenvalue weighted by Crippen LogP contribution is 2.30. The predicted octanol–water partition coefficient (Wildman–Crippen LogP) is 2.42. The van der Waals surface area contributed by atoms with Crippen LogP contribution in [0.25, 0.3) is 0 Å². The standard InChI is InChI=1S/C16H26N2O2/c1-4-16(5-2,14-9-7-6-8-10-14)12-17-15(20)18-13(3)11-19/h6-10,13,19H,4-5,11-12H2,1-3H3,(H2,17,18,20). The van der Waals surface area contributed by atoms with Gasteiger partial charge in [-0.15, -0.1) is 0 Å². The van der Waals surface area contributed by atoms with Crippen molar-refractivity contribution in [2.45, 2.75) is 45.1 Å². The molecule has 1 unspecified atom stereocenters. The van der Waals surface area contributed by atoms with Crippen LogP contribution in [0.5, 0.6) is 0 Å². The SMILES string of the molecule is CCC(CC)(CNC(=O)NC(C)CO)c1ccccc1. The summed E-state index contributed by atoms with van der Waals surface area (Å²) in [5, 5.41) is 14.6. The number of carbonyl (C=O) groups is 1. The first-order chi connectivity index (χ1) is 9.57. The Hall–Kier alpha value is -1.55. The summed E-state index contributed by atoms with van der Waals surface area (Å²) in [4.78, 5) is 11.8. The molecule has 4 heteroatoms. The van der Waals surface area contributed by atoms with Crippen molar-refractivity contribution in [1.82, 2.24) is 10.6 Å². The molecule has 1 aromatic rings.